The Balaban J connectivity index is 3.00. The summed E-state index contributed by atoms with van der Waals surface area (Å²) in [6, 6.07) is 5.26. The molecule has 64 valence electrons. The molecule has 1 aromatic carbocycles. The molecular weight excluding hydrogens is 239 g/mol. The van der Waals surface area contributed by atoms with Gasteiger partial charge in [-0.05, 0) is 6.07 Å². The molecule has 0 spiro atoms. The number of alkyl halides is 1. The topological polar surface area (TPSA) is 20.2 Å². The van der Waals surface area contributed by atoms with Gasteiger partial charge in [-0.1, -0.05) is 51.8 Å². The quantitative estimate of drug-likeness (QED) is 0.794. The fraction of sp³-hybridized carbons (Fsp3) is 0.111. The van der Waals surface area contributed by atoms with Gasteiger partial charge in [-0.3, -0.25) is 0 Å². The lowest BCUT2D eigenvalue weighted by atomic mass is 10.2. The van der Waals surface area contributed by atoms with Crippen molar-refractivity contribution in [2.24, 2.45) is 0 Å². The molecule has 0 saturated heterocycles. The number of halogens is 2. The summed E-state index contributed by atoms with van der Waals surface area (Å²) in [6.45, 7) is 0. The molecule has 0 unspecified atom stereocenters. The van der Waals surface area contributed by atoms with Crippen LogP contribution in [0.3, 0.4) is 0 Å². The van der Waals surface area contributed by atoms with E-state index in [0.29, 0.717) is 5.02 Å². The molecule has 0 aliphatic carbocycles. The molecule has 0 atom stereocenters. The van der Waals surface area contributed by atoms with E-state index < -0.39 is 0 Å². The summed E-state index contributed by atoms with van der Waals surface area (Å²) in [5.74, 6) is 0.136. The Morgan fingerprint density at radius 2 is 2.25 bits per heavy atom. The highest BCUT2D eigenvalue weighted by atomic mass is 79.9. The van der Waals surface area contributed by atoms with E-state index in [-0.39, 0.29) is 5.75 Å². The van der Waals surface area contributed by atoms with Crippen LogP contribution in [0.2, 0.25) is 5.02 Å². The Morgan fingerprint density at radius 1 is 1.50 bits per heavy atom. The molecule has 0 saturated carbocycles. The largest absolute Gasteiger partial charge is 0.506 e. The minimum Gasteiger partial charge on any atom is -0.506 e. The maximum Gasteiger partial charge on any atom is 0.141 e. The summed E-state index contributed by atoms with van der Waals surface area (Å²) in [4.78, 5) is 0. The lowest BCUT2D eigenvalue weighted by molar-refractivity contribution is 0.474. The standard InChI is InChI=1S/C9H8BrClO/c10-6-2-4-7-3-1-5-8(11)9(7)12/h1-5,12H,6H2. The lowest BCUT2D eigenvalue weighted by Crippen LogP contribution is -1.75. The third kappa shape index (κ3) is 2.26. The summed E-state index contributed by atoms with van der Waals surface area (Å²) in [6.07, 6.45) is 3.71. The van der Waals surface area contributed by atoms with Gasteiger partial charge in [0, 0.05) is 10.9 Å². The Labute approximate surface area is 84.8 Å². The minimum absolute atomic E-state index is 0.136. The first-order valence-electron chi connectivity index (χ1n) is 3.45. The van der Waals surface area contributed by atoms with Gasteiger partial charge < -0.3 is 5.11 Å². The van der Waals surface area contributed by atoms with Crippen LogP contribution in [-0.2, 0) is 0 Å². The Kier molecular flexibility index (Phi) is 3.63. The van der Waals surface area contributed by atoms with E-state index in [2.05, 4.69) is 15.9 Å². The number of phenols is 1. The van der Waals surface area contributed by atoms with Gasteiger partial charge in [0.25, 0.3) is 0 Å². The van der Waals surface area contributed by atoms with Gasteiger partial charge in [-0.2, -0.15) is 0 Å². The van der Waals surface area contributed by atoms with E-state index in [1.54, 1.807) is 18.2 Å². The number of aromatic hydroxyl groups is 1. The predicted octanol–water partition coefficient (Wildman–Crippen LogP) is 3.45. The number of hydrogen-bond donors (Lipinski definition) is 1. The van der Waals surface area contributed by atoms with Gasteiger partial charge >= 0.3 is 0 Å². The molecule has 0 aliphatic rings. The van der Waals surface area contributed by atoms with Crippen LogP contribution in [0.15, 0.2) is 24.3 Å². The van der Waals surface area contributed by atoms with Crippen molar-refractivity contribution in [1.82, 2.24) is 0 Å². The Bertz CT molecular complexity index is 297. The molecule has 12 heavy (non-hydrogen) atoms. The maximum atomic E-state index is 9.43. The smallest absolute Gasteiger partial charge is 0.141 e. The second-order valence-electron chi connectivity index (χ2n) is 2.23. The number of phenolic OH excluding ortho intramolecular Hbond substituents is 1. The average molecular weight is 248 g/mol. The van der Waals surface area contributed by atoms with Gasteiger partial charge in [0.2, 0.25) is 0 Å². The van der Waals surface area contributed by atoms with Gasteiger partial charge in [0.1, 0.15) is 5.75 Å². The predicted molar refractivity (Wildman–Crippen MR) is 55.9 cm³/mol. The highest BCUT2D eigenvalue weighted by Crippen LogP contribution is 2.27. The van der Waals surface area contributed by atoms with Crippen LogP contribution in [0.4, 0.5) is 0 Å². The van der Waals surface area contributed by atoms with Crippen LogP contribution >= 0.6 is 27.5 Å². The zero-order chi connectivity index (χ0) is 8.97. The van der Waals surface area contributed by atoms with Gasteiger partial charge in [0.15, 0.2) is 0 Å². The summed E-state index contributed by atoms with van der Waals surface area (Å²) in [5.41, 5.74) is 0.738. The SMILES string of the molecule is Oc1c(Cl)cccc1C=CCBr. The lowest BCUT2D eigenvalue weighted by Gasteiger charge is -1.99. The monoisotopic (exact) mass is 246 g/mol. The van der Waals surface area contributed by atoms with Crippen LogP contribution in [0.25, 0.3) is 6.08 Å². The van der Waals surface area contributed by atoms with Crippen molar-refractivity contribution in [2.75, 3.05) is 5.33 Å². The fourth-order valence-corrected chi connectivity index (χ4v) is 1.21. The average Bonchev–Trinajstić information content (AvgIpc) is 2.08. The Hall–Kier alpha value is -0.470. The highest BCUT2D eigenvalue weighted by molar-refractivity contribution is 9.09. The number of benzene rings is 1. The first-order valence-corrected chi connectivity index (χ1v) is 4.95. The van der Waals surface area contributed by atoms with E-state index in [0.717, 1.165) is 10.9 Å². The second kappa shape index (κ2) is 4.53. The number of rotatable bonds is 2. The summed E-state index contributed by atoms with van der Waals surface area (Å²) < 4.78 is 0. The molecule has 0 heterocycles. The fourth-order valence-electron chi connectivity index (χ4n) is 0.838. The van der Waals surface area contributed by atoms with E-state index in [1.165, 1.54) is 0 Å². The zero-order valence-corrected chi connectivity index (χ0v) is 8.64. The van der Waals surface area contributed by atoms with Crippen molar-refractivity contribution in [2.45, 2.75) is 0 Å². The van der Waals surface area contributed by atoms with Crippen LogP contribution < -0.4 is 0 Å². The summed E-state index contributed by atoms with van der Waals surface area (Å²) in [5, 5.41) is 10.6. The van der Waals surface area contributed by atoms with Crippen molar-refractivity contribution in [1.29, 1.82) is 0 Å². The molecule has 1 nitrogen and oxygen atoms in total. The van der Waals surface area contributed by atoms with Gasteiger partial charge in [-0.25, -0.2) is 0 Å². The molecule has 0 radical (unpaired) electrons. The third-order valence-electron chi connectivity index (χ3n) is 1.40. The van der Waals surface area contributed by atoms with Crippen LogP contribution in [0.1, 0.15) is 5.56 Å². The molecule has 0 bridgehead atoms. The minimum atomic E-state index is 0.136. The summed E-state index contributed by atoms with van der Waals surface area (Å²) >= 11 is 8.95. The molecular formula is C9H8BrClO. The van der Waals surface area contributed by atoms with Crippen molar-refractivity contribution >= 4 is 33.6 Å². The molecule has 3 heteroatoms. The molecule has 1 N–H and O–H groups in total. The number of allylic oxidation sites excluding steroid dienone is 1. The molecule has 0 aromatic heterocycles. The van der Waals surface area contributed by atoms with E-state index in [9.17, 15) is 5.11 Å². The van der Waals surface area contributed by atoms with Crippen molar-refractivity contribution in [3.8, 4) is 5.75 Å². The van der Waals surface area contributed by atoms with Gasteiger partial charge in [0.05, 0.1) is 5.02 Å². The molecule has 0 amide bonds. The van der Waals surface area contributed by atoms with Crippen molar-refractivity contribution in [3.63, 3.8) is 0 Å². The van der Waals surface area contributed by atoms with Crippen molar-refractivity contribution < 1.29 is 5.11 Å². The second-order valence-corrected chi connectivity index (χ2v) is 3.29. The molecule has 1 aromatic rings. The molecule has 0 fully saturated rings. The van der Waals surface area contributed by atoms with E-state index in [4.69, 9.17) is 11.6 Å². The van der Waals surface area contributed by atoms with Crippen LogP contribution in [0, 0.1) is 0 Å². The normalized spacial score (nSPS) is 10.8. The first-order chi connectivity index (χ1) is 5.75. The number of hydrogen-bond acceptors (Lipinski definition) is 1. The van der Waals surface area contributed by atoms with Gasteiger partial charge in [-0.15, -0.1) is 0 Å². The maximum absolute atomic E-state index is 9.43. The zero-order valence-electron chi connectivity index (χ0n) is 6.30. The molecule has 0 aliphatic heterocycles. The highest BCUT2D eigenvalue weighted by Gasteiger charge is 2.00. The van der Waals surface area contributed by atoms with E-state index in [1.807, 2.05) is 12.2 Å². The third-order valence-corrected chi connectivity index (χ3v) is 2.08. The number of para-hydroxylation sites is 1. The van der Waals surface area contributed by atoms with Crippen LogP contribution in [0.5, 0.6) is 5.75 Å². The summed E-state index contributed by atoms with van der Waals surface area (Å²) in [7, 11) is 0. The van der Waals surface area contributed by atoms with Crippen LogP contribution in [-0.4, -0.2) is 10.4 Å². The Morgan fingerprint density at radius 3 is 2.92 bits per heavy atom. The van der Waals surface area contributed by atoms with Crippen molar-refractivity contribution in [3.05, 3.63) is 34.9 Å². The molecule has 1 rings (SSSR count). The van der Waals surface area contributed by atoms with E-state index >= 15 is 0 Å². The first kappa shape index (κ1) is 9.62.